The Bertz CT molecular complexity index is 518. The van der Waals surface area contributed by atoms with Gasteiger partial charge in [-0.05, 0) is 19.9 Å². The van der Waals surface area contributed by atoms with Gasteiger partial charge in [0.1, 0.15) is 0 Å². The molecule has 0 aliphatic heterocycles. The molecule has 0 atom stereocenters. The zero-order chi connectivity index (χ0) is 13.9. The molecule has 6 heteroatoms. The molecule has 0 saturated heterocycles. The number of rotatable bonds is 4. The number of ether oxygens (including phenoxy) is 2. The summed E-state index contributed by atoms with van der Waals surface area (Å²) < 4.78 is 10.1. The third-order valence-electron chi connectivity index (χ3n) is 2.65. The highest BCUT2D eigenvalue weighted by molar-refractivity contribution is 5.58. The van der Waals surface area contributed by atoms with E-state index >= 15 is 0 Å². The number of nitriles is 1. The number of methoxy groups -OCH3 is 2. The Balaban J connectivity index is 3.59. The van der Waals surface area contributed by atoms with E-state index in [0.717, 1.165) is 0 Å². The molecule has 0 N–H and O–H groups in total. The van der Waals surface area contributed by atoms with Crippen molar-refractivity contribution in [2.75, 3.05) is 14.2 Å². The lowest BCUT2D eigenvalue weighted by molar-refractivity contribution is -0.386. The highest BCUT2D eigenvalue weighted by Gasteiger charge is 2.31. The molecule has 1 aromatic rings. The average molecular weight is 250 g/mol. The van der Waals surface area contributed by atoms with Gasteiger partial charge in [0.2, 0.25) is 0 Å². The molecule has 0 saturated carbocycles. The molecule has 0 aromatic heterocycles. The van der Waals surface area contributed by atoms with Gasteiger partial charge in [0.25, 0.3) is 5.69 Å². The van der Waals surface area contributed by atoms with Crippen molar-refractivity contribution in [1.29, 1.82) is 5.26 Å². The summed E-state index contributed by atoms with van der Waals surface area (Å²) in [5, 5.41) is 20.2. The van der Waals surface area contributed by atoms with Crippen LogP contribution in [0.4, 0.5) is 5.69 Å². The van der Waals surface area contributed by atoms with Crippen molar-refractivity contribution in [1.82, 2.24) is 0 Å². The van der Waals surface area contributed by atoms with E-state index in [-0.39, 0.29) is 11.4 Å². The molecule has 0 heterocycles. The first-order valence-corrected chi connectivity index (χ1v) is 5.19. The van der Waals surface area contributed by atoms with Crippen LogP contribution in [0.1, 0.15) is 19.4 Å². The lowest BCUT2D eigenvalue weighted by Gasteiger charge is -2.18. The summed E-state index contributed by atoms with van der Waals surface area (Å²) in [4.78, 5) is 10.5. The van der Waals surface area contributed by atoms with Crippen molar-refractivity contribution in [2.45, 2.75) is 19.3 Å². The molecule has 1 aromatic carbocycles. The number of hydrogen-bond donors (Lipinski definition) is 0. The van der Waals surface area contributed by atoms with Crippen molar-refractivity contribution in [3.05, 3.63) is 27.8 Å². The molecule has 96 valence electrons. The predicted molar refractivity (Wildman–Crippen MR) is 64.8 cm³/mol. The van der Waals surface area contributed by atoms with Crippen molar-refractivity contribution >= 4 is 5.69 Å². The minimum Gasteiger partial charge on any atom is -0.493 e. The van der Waals surface area contributed by atoms with Crippen LogP contribution in [0.5, 0.6) is 11.5 Å². The smallest absolute Gasteiger partial charge is 0.278 e. The minimum absolute atomic E-state index is 0.154. The first-order valence-electron chi connectivity index (χ1n) is 5.19. The average Bonchev–Trinajstić information content (AvgIpc) is 2.36. The molecule has 0 unspecified atom stereocenters. The van der Waals surface area contributed by atoms with Crippen LogP contribution < -0.4 is 9.47 Å². The van der Waals surface area contributed by atoms with Gasteiger partial charge in [-0.15, -0.1) is 0 Å². The Morgan fingerprint density at radius 2 is 1.78 bits per heavy atom. The van der Waals surface area contributed by atoms with Crippen LogP contribution in [0.15, 0.2) is 12.1 Å². The van der Waals surface area contributed by atoms with Gasteiger partial charge in [-0.3, -0.25) is 10.1 Å². The zero-order valence-corrected chi connectivity index (χ0v) is 10.7. The van der Waals surface area contributed by atoms with Crippen molar-refractivity contribution in [3.63, 3.8) is 0 Å². The molecule has 0 spiro atoms. The van der Waals surface area contributed by atoms with Gasteiger partial charge in [-0.2, -0.15) is 5.26 Å². The summed E-state index contributed by atoms with van der Waals surface area (Å²) in [5.74, 6) is 0.628. The first kappa shape index (κ1) is 13.8. The fraction of sp³-hybridized carbons (Fsp3) is 0.417. The summed E-state index contributed by atoms with van der Waals surface area (Å²) in [7, 11) is 2.84. The Hall–Kier alpha value is -2.29. The molecular weight excluding hydrogens is 236 g/mol. The molecule has 0 radical (unpaired) electrons. The number of nitrogens with zero attached hydrogens (tertiary/aromatic N) is 2. The van der Waals surface area contributed by atoms with Gasteiger partial charge >= 0.3 is 0 Å². The largest absolute Gasteiger partial charge is 0.493 e. The maximum absolute atomic E-state index is 11.1. The lowest BCUT2D eigenvalue weighted by atomic mass is 9.85. The van der Waals surface area contributed by atoms with Crippen LogP contribution in [0, 0.1) is 21.4 Å². The van der Waals surface area contributed by atoms with E-state index in [0.29, 0.717) is 11.3 Å². The van der Waals surface area contributed by atoms with Gasteiger partial charge in [0.05, 0.1) is 42.3 Å². The van der Waals surface area contributed by atoms with E-state index < -0.39 is 10.3 Å². The highest BCUT2D eigenvalue weighted by atomic mass is 16.6. The maximum Gasteiger partial charge on any atom is 0.278 e. The molecule has 0 bridgehead atoms. The summed E-state index contributed by atoms with van der Waals surface area (Å²) in [6.45, 7) is 3.22. The molecule has 18 heavy (non-hydrogen) atoms. The molecule has 6 nitrogen and oxygen atoms in total. The molecular formula is C12H14N2O4. The van der Waals surface area contributed by atoms with Crippen LogP contribution in [0.25, 0.3) is 0 Å². The van der Waals surface area contributed by atoms with Crippen molar-refractivity contribution < 1.29 is 14.4 Å². The van der Waals surface area contributed by atoms with Crippen LogP contribution >= 0.6 is 0 Å². The second kappa shape index (κ2) is 4.92. The Morgan fingerprint density at radius 3 is 2.17 bits per heavy atom. The lowest BCUT2D eigenvalue weighted by Crippen LogP contribution is -2.16. The Kier molecular flexibility index (Phi) is 3.76. The van der Waals surface area contributed by atoms with Crippen LogP contribution in [-0.4, -0.2) is 19.1 Å². The number of nitro benzene ring substituents is 1. The Labute approximate surface area is 105 Å². The maximum atomic E-state index is 11.1. The van der Waals surface area contributed by atoms with Crippen molar-refractivity contribution in [3.8, 4) is 17.6 Å². The summed E-state index contributed by atoms with van der Waals surface area (Å²) in [6, 6.07) is 4.78. The molecule has 1 rings (SSSR count). The molecule has 0 amide bonds. The number of nitro groups is 1. The van der Waals surface area contributed by atoms with E-state index in [1.54, 1.807) is 13.8 Å². The third kappa shape index (κ3) is 2.35. The van der Waals surface area contributed by atoms with Gasteiger partial charge in [-0.1, -0.05) is 0 Å². The fourth-order valence-electron chi connectivity index (χ4n) is 1.58. The first-order chi connectivity index (χ1) is 8.37. The minimum atomic E-state index is -0.984. The monoisotopic (exact) mass is 250 g/mol. The second-order valence-corrected chi connectivity index (χ2v) is 4.22. The van der Waals surface area contributed by atoms with Gasteiger partial charge in [0.15, 0.2) is 11.5 Å². The predicted octanol–water partition coefficient (Wildman–Crippen LogP) is 2.41. The Morgan fingerprint density at radius 1 is 1.28 bits per heavy atom. The van der Waals surface area contributed by atoms with E-state index in [9.17, 15) is 10.1 Å². The van der Waals surface area contributed by atoms with Gasteiger partial charge in [-0.25, -0.2) is 0 Å². The van der Waals surface area contributed by atoms with Gasteiger partial charge < -0.3 is 9.47 Å². The van der Waals surface area contributed by atoms with E-state index in [2.05, 4.69) is 0 Å². The summed E-state index contributed by atoms with van der Waals surface area (Å²) in [5.41, 5.74) is -0.839. The fourth-order valence-corrected chi connectivity index (χ4v) is 1.58. The standard InChI is InChI=1S/C12H14N2O4/c1-12(2,7-13)8-5-10(17-3)11(18-4)6-9(8)14(15)16/h5-6H,1-4H3. The second-order valence-electron chi connectivity index (χ2n) is 4.22. The zero-order valence-electron chi connectivity index (χ0n) is 10.7. The molecule has 0 aliphatic rings. The number of benzene rings is 1. The van der Waals surface area contributed by atoms with Crippen LogP contribution in [0.2, 0.25) is 0 Å². The van der Waals surface area contributed by atoms with E-state index in [1.807, 2.05) is 6.07 Å². The summed E-state index contributed by atoms with van der Waals surface area (Å²) in [6.07, 6.45) is 0. The molecule has 0 fully saturated rings. The normalized spacial score (nSPS) is 10.6. The quantitative estimate of drug-likeness (QED) is 0.605. The number of hydrogen-bond acceptors (Lipinski definition) is 5. The van der Waals surface area contributed by atoms with Crippen LogP contribution in [-0.2, 0) is 5.41 Å². The van der Waals surface area contributed by atoms with Gasteiger partial charge in [0, 0.05) is 0 Å². The van der Waals surface area contributed by atoms with E-state index in [4.69, 9.17) is 14.7 Å². The topological polar surface area (TPSA) is 85.4 Å². The molecule has 0 aliphatic carbocycles. The highest BCUT2D eigenvalue weighted by Crippen LogP contribution is 2.39. The van der Waals surface area contributed by atoms with Crippen molar-refractivity contribution in [2.24, 2.45) is 0 Å². The van der Waals surface area contributed by atoms with E-state index in [1.165, 1.54) is 26.4 Å². The SMILES string of the molecule is COc1cc([N+](=O)[O-])c(C(C)(C)C#N)cc1OC. The summed E-state index contributed by atoms with van der Waals surface area (Å²) >= 11 is 0. The van der Waals surface area contributed by atoms with Crippen LogP contribution in [0.3, 0.4) is 0 Å². The third-order valence-corrected chi connectivity index (χ3v) is 2.65.